The summed E-state index contributed by atoms with van der Waals surface area (Å²) in [5.74, 6) is 0.449. The number of furan rings is 1. The Kier molecular flexibility index (Phi) is 4.23. The predicted molar refractivity (Wildman–Crippen MR) is 103 cm³/mol. The molecule has 4 rings (SSSR count). The fourth-order valence-electron chi connectivity index (χ4n) is 2.87. The highest BCUT2D eigenvalue weighted by Crippen LogP contribution is 2.20. The van der Waals surface area contributed by atoms with Crippen LogP contribution in [0.4, 0.5) is 0 Å². The molecule has 0 bridgehead atoms. The second-order valence-corrected chi connectivity index (χ2v) is 8.99. The van der Waals surface area contributed by atoms with Gasteiger partial charge in [0.25, 0.3) is 0 Å². The SMILES string of the molecule is CC(C)c1ccc2nc([Si](c3ccccc3)c3coc(Cl)c3)oc2c1. The molecule has 0 spiro atoms. The lowest BCUT2D eigenvalue weighted by Gasteiger charge is -2.08. The first-order chi connectivity index (χ1) is 12.1. The molecule has 0 saturated heterocycles. The van der Waals surface area contributed by atoms with Crippen molar-refractivity contribution in [2.24, 2.45) is 0 Å². The van der Waals surface area contributed by atoms with Crippen molar-refractivity contribution in [2.75, 3.05) is 0 Å². The first kappa shape index (κ1) is 16.2. The van der Waals surface area contributed by atoms with Gasteiger partial charge in [-0.1, -0.05) is 50.2 Å². The quantitative estimate of drug-likeness (QED) is 0.517. The molecule has 0 aliphatic rings. The minimum Gasteiger partial charge on any atom is -0.453 e. The van der Waals surface area contributed by atoms with E-state index < -0.39 is 8.80 Å². The van der Waals surface area contributed by atoms with Crippen LogP contribution in [0.25, 0.3) is 11.1 Å². The van der Waals surface area contributed by atoms with Crippen molar-refractivity contribution in [2.45, 2.75) is 19.8 Å². The van der Waals surface area contributed by atoms with Gasteiger partial charge in [0, 0.05) is 0 Å². The maximum atomic E-state index is 6.19. The van der Waals surface area contributed by atoms with Crippen LogP contribution < -0.4 is 15.9 Å². The van der Waals surface area contributed by atoms with Gasteiger partial charge in [-0.3, -0.25) is 0 Å². The van der Waals surface area contributed by atoms with Gasteiger partial charge in [-0.05, 0) is 51.7 Å². The van der Waals surface area contributed by atoms with Crippen molar-refractivity contribution in [3.63, 3.8) is 0 Å². The summed E-state index contributed by atoms with van der Waals surface area (Å²) in [6.07, 6.45) is 1.71. The maximum Gasteiger partial charge on any atom is 0.232 e. The standard InChI is InChI=1S/C20H17ClNO2Si/c1-13(2)14-8-9-17-18(10-14)24-20(22-17)25(15-6-4-3-5-7-15)16-11-19(21)23-12-16/h3-13H,1-2H3. The van der Waals surface area contributed by atoms with Crippen molar-refractivity contribution in [3.8, 4) is 0 Å². The Labute approximate surface area is 152 Å². The summed E-state index contributed by atoms with van der Waals surface area (Å²) in [5, 5.41) is 2.59. The number of aromatic nitrogens is 1. The number of benzene rings is 2. The monoisotopic (exact) mass is 366 g/mol. The van der Waals surface area contributed by atoms with Crippen molar-refractivity contribution < 1.29 is 8.83 Å². The van der Waals surface area contributed by atoms with E-state index in [-0.39, 0.29) is 0 Å². The molecule has 0 atom stereocenters. The summed E-state index contributed by atoms with van der Waals surface area (Å²) in [5.41, 5.74) is 3.70. The molecule has 2 heterocycles. The lowest BCUT2D eigenvalue weighted by molar-refractivity contribution is 0.571. The largest absolute Gasteiger partial charge is 0.453 e. The van der Waals surface area contributed by atoms with Gasteiger partial charge in [-0.15, -0.1) is 0 Å². The zero-order valence-electron chi connectivity index (χ0n) is 14.0. The highest BCUT2D eigenvalue weighted by atomic mass is 35.5. The second kappa shape index (κ2) is 6.54. The van der Waals surface area contributed by atoms with Crippen LogP contribution >= 0.6 is 11.6 Å². The molecule has 0 amide bonds. The zero-order chi connectivity index (χ0) is 17.4. The van der Waals surface area contributed by atoms with E-state index in [4.69, 9.17) is 25.4 Å². The maximum absolute atomic E-state index is 6.19. The molecule has 0 unspecified atom stereocenters. The molecule has 0 aliphatic heterocycles. The summed E-state index contributed by atoms with van der Waals surface area (Å²) in [7, 11) is -1.41. The lowest BCUT2D eigenvalue weighted by Crippen LogP contribution is -2.52. The highest BCUT2D eigenvalue weighted by molar-refractivity contribution is 6.94. The van der Waals surface area contributed by atoms with E-state index in [9.17, 15) is 0 Å². The van der Waals surface area contributed by atoms with Gasteiger partial charge in [-0.25, -0.2) is 4.98 Å². The van der Waals surface area contributed by atoms with Crippen LogP contribution in [-0.2, 0) is 0 Å². The van der Waals surface area contributed by atoms with E-state index in [1.165, 1.54) is 10.8 Å². The first-order valence-electron chi connectivity index (χ1n) is 8.19. The molecule has 0 fully saturated rings. The van der Waals surface area contributed by atoms with E-state index in [0.717, 1.165) is 21.8 Å². The molecular formula is C20H17ClNO2Si. The number of rotatable bonds is 4. The molecule has 0 saturated carbocycles. The van der Waals surface area contributed by atoms with Crippen molar-refractivity contribution in [1.29, 1.82) is 0 Å². The third-order valence-electron chi connectivity index (χ3n) is 4.21. The van der Waals surface area contributed by atoms with Gasteiger partial charge >= 0.3 is 0 Å². The Morgan fingerprint density at radius 2 is 1.80 bits per heavy atom. The van der Waals surface area contributed by atoms with Crippen LogP contribution in [0, 0.1) is 0 Å². The van der Waals surface area contributed by atoms with Gasteiger partial charge in [-0.2, -0.15) is 0 Å². The Bertz CT molecular complexity index is 1010. The van der Waals surface area contributed by atoms with Crippen molar-refractivity contribution >= 4 is 47.4 Å². The van der Waals surface area contributed by atoms with Gasteiger partial charge in [0.2, 0.25) is 8.80 Å². The third kappa shape index (κ3) is 3.15. The van der Waals surface area contributed by atoms with Crippen LogP contribution in [0.5, 0.6) is 0 Å². The molecule has 2 aromatic carbocycles. The van der Waals surface area contributed by atoms with Crippen molar-refractivity contribution in [1.82, 2.24) is 4.98 Å². The van der Waals surface area contributed by atoms with E-state index in [2.05, 4.69) is 38.1 Å². The molecule has 2 aromatic heterocycles. The number of hydrogen-bond acceptors (Lipinski definition) is 3. The summed E-state index contributed by atoms with van der Waals surface area (Å²) >= 11 is 6.01. The summed E-state index contributed by atoms with van der Waals surface area (Å²) in [6, 6.07) is 18.4. The van der Waals surface area contributed by atoms with E-state index >= 15 is 0 Å². The van der Waals surface area contributed by atoms with Crippen LogP contribution in [-0.4, -0.2) is 13.8 Å². The Hall–Kier alpha value is -2.30. The predicted octanol–water partition coefficient (Wildman–Crippen LogP) is 3.71. The smallest absolute Gasteiger partial charge is 0.232 e. The van der Waals surface area contributed by atoms with E-state index in [0.29, 0.717) is 11.1 Å². The number of halogens is 1. The molecule has 5 heteroatoms. The van der Waals surface area contributed by atoms with Gasteiger partial charge < -0.3 is 8.83 Å². The third-order valence-corrected chi connectivity index (χ3v) is 6.80. The summed E-state index contributed by atoms with van der Waals surface area (Å²) in [4.78, 5) is 4.77. The molecule has 125 valence electrons. The minimum absolute atomic E-state index is 0.381. The Morgan fingerprint density at radius 1 is 1.00 bits per heavy atom. The highest BCUT2D eigenvalue weighted by Gasteiger charge is 2.27. The molecule has 1 radical (unpaired) electrons. The molecule has 0 N–H and O–H groups in total. The Balaban J connectivity index is 1.86. The van der Waals surface area contributed by atoms with Crippen LogP contribution in [0.1, 0.15) is 25.3 Å². The second-order valence-electron chi connectivity index (χ2n) is 6.28. The van der Waals surface area contributed by atoms with Crippen LogP contribution in [0.3, 0.4) is 0 Å². The number of fused-ring (bicyclic) bond motifs is 1. The fourth-order valence-corrected chi connectivity index (χ4v) is 5.37. The molecule has 3 nitrogen and oxygen atoms in total. The molecular weight excluding hydrogens is 350 g/mol. The Morgan fingerprint density at radius 3 is 2.48 bits per heavy atom. The number of nitrogens with zero attached hydrogens (tertiary/aromatic N) is 1. The van der Waals surface area contributed by atoms with Gasteiger partial charge in [0.15, 0.2) is 16.3 Å². The minimum atomic E-state index is -1.41. The average molecular weight is 367 g/mol. The van der Waals surface area contributed by atoms with Crippen molar-refractivity contribution in [3.05, 3.63) is 71.6 Å². The summed E-state index contributed by atoms with van der Waals surface area (Å²) in [6.45, 7) is 4.34. The number of oxazole rings is 1. The number of hydrogen-bond donors (Lipinski definition) is 0. The average Bonchev–Trinajstić information content (AvgIpc) is 3.21. The van der Waals surface area contributed by atoms with Gasteiger partial charge in [0.1, 0.15) is 5.52 Å². The normalized spacial score (nSPS) is 11.7. The topological polar surface area (TPSA) is 39.2 Å². The van der Waals surface area contributed by atoms with Gasteiger partial charge in [0.05, 0.1) is 6.26 Å². The van der Waals surface area contributed by atoms with Crippen LogP contribution in [0.2, 0.25) is 5.22 Å². The summed E-state index contributed by atoms with van der Waals surface area (Å²) < 4.78 is 11.5. The zero-order valence-corrected chi connectivity index (χ0v) is 15.7. The van der Waals surface area contributed by atoms with E-state index in [1.807, 2.05) is 30.3 Å². The fraction of sp³-hybridized carbons (Fsp3) is 0.150. The van der Waals surface area contributed by atoms with E-state index in [1.54, 1.807) is 6.26 Å². The first-order valence-corrected chi connectivity index (χ1v) is 10.1. The molecule has 25 heavy (non-hydrogen) atoms. The van der Waals surface area contributed by atoms with Crippen LogP contribution in [0.15, 0.2) is 69.7 Å². The molecule has 4 aromatic rings. The molecule has 0 aliphatic carbocycles. The lowest BCUT2D eigenvalue weighted by atomic mass is 10.0.